The van der Waals surface area contributed by atoms with Crippen LogP contribution in [0.1, 0.15) is 19.3 Å². The van der Waals surface area contributed by atoms with E-state index in [-0.39, 0.29) is 0 Å². The van der Waals surface area contributed by atoms with Gasteiger partial charge in [-0.3, -0.25) is 4.98 Å². The number of aromatic nitrogens is 1. The van der Waals surface area contributed by atoms with E-state index in [1.807, 2.05) is 12.3 Å². The molecular formula is C12H19N3. The molecule has 1 unspecified atom stereocenters. The SMILES string of the molecule is CN1CCCCC1CNc1cccnc1. The number of anilines is 1. The molecule has 0 saturated carbocycles. The second kappa shape index (κ2) is 5.12. The molecule has 1 aliphatic rings. The summed E-state index contributed by atoms with van der Waals surface area (Å²) in [5.41, 5.74) is 1.12. The molecule has 1 saturated heterocycles. The fourth-order valence-electron chi connectivity index (χ4n) is 2.11. The Labute approximate surface area is 91.5 Å². The largest absolute Gasteiger partial charge is 0.382 e. The summed E-state index contributed by atoms with van der Waals surface area (Å²) >= 11 is 0. The number of pyridine rings is 1. The summed E-state index contributed by atoms with van der Waals surface area (Å²) in [5, 5.41) is 3.44. The van der Waals surface area contributed by atoms with Crippen molar-refractivity contribution in [1.29, 1.82) is 0 Å². The lowest BCUT2D eigenvalue weighted by molar-refractivity contribution is 0.194. The summed E-state index contributed by atoms with van der Waals surface area (Å²) in [5.74, 6) is 0. The zero-order chi connectivity index (χ0) is 10.5. The average molecular weight is 205 g/mol. The highest BCUT2D eigenvalue weighted by atomic mass is 15.2. The van der Waals surface area contributed by atoms with Gasteiger partial charge in [0.1, 0.15) is 0 Å². The van der Waals surface area contributed by atoms with Crippen molar-refractivity contribution < 1.29 is 0 Å². The number of nitrogens with zero attached hydrogens (tertiary/aromatic N) is 2. The van der Waals surface area contributed by atoms with Crippen LogP contribution < -0.4 is 5.32 Å². The molecule has 0 radical (unpaired) electrons. The molecule has 15 heavy (non-hydrogen) atoms. The molecule has 1 aromatic rings. The topological polar surface area (TPSA) is 28.2 Å². The van der Waals surface area contributed by atoms with Crippen LogP contribution >= 0.6 is 0 Å². The molecule has 0 amide bonds. The van der Waals surface area contributed by atoms with E-state index in [1.165, 1.54) is 25.8 Å². The van der Waals surface area contributed by atoms with Gasteiger partial charge in [0.2, 0.25) is 0 Å². The molecule has 0 aromatic carbocycles. The first-order valence-corrected chi connectivity index (χ1v) is 5.70. The molecule has 3 heteroatoms. The van der Waals surface area contributed by atoms with Crippen LogP contribution in [0.25, 0.3) is 0 Å². The summed E-state index contributed by atoms with van der Waals surface area (Å²) in [6, 6.07) is 4.71. The molecule has 82 valence electrons. The molecule has 1 N–H and O–H groups in total. The minimum Gasteiger partial charge on any atom is -0.382 e. The third kappa shape index (κ3) is 2.93. The third-order valence-electron chi connectivity index (χ3n) is 3.12. The number of piperidine rings is 1. The first-order chi connectivity index (χ1) is 7.36. The number of hydrogen-bond donors (Lipinski definition) is 1. The van der Waals surface area contributed by atoms with E-state index < -0.39 is 0 Å². The quantitative estimate of drug-likeness (QED) is 0.818. The molecule has 1 aromatic heterocycles. The van der Waals surface area contributed by atoms with E-state index in [9.17, 15) is 0 Å². The number of rotatable bonds is 3. The van der Waals surface area contributed by atoms with Gasteiger partial charge in [0.15, 0.2) is 0 Å². The van der Waals surface area contributed by atoms with Crippen LogP contribution in [0.3, 0.4) is 0 Å². The van der Waals surface area contributed by atoms with Gasteiger partial charge in [0.05, 0.1) is 5.69 Å². The minimum atomic E-state index is 0.680. The van der Waals surface area contributed by atoms with E-state index in [2.05, 4.69) is 28.3 Å². The second-order valence-electron chi connectivity index (χ2n) is 4.25. The number of nitrogens with one attached hydrogen (secondary N) is 1. The van der Waals surface area contributed by atoms with Crippen molar-refractivity contribution in [2.45, 2.75) is 25.3 Å². The highest BCUT2D eigenvalue weighted by molar-refractivity contribution is 5.39. The van der Waals surface area contributed by atoms with Crippen molar-refractivity contribution >= 4 is 5.69 Å². The molecule has 0 aliphatic carbocycles. The standard InChI is InChI=1S/C12H19N3/c1-15-8-3-2-6-12(15)10-14-11-5-4-7-13-9-11/h4-5,7,9,12,14H,2-3,6,8,10H2,1H3. The predicted molar refractivity (Wildman–Crippen MR) is 63.0 cm³/mol. The van der Waals surface area contributed by atoms with Crippen molar-refractivity contribution in [3.05, 3.63) is 24.5 Å². The second-order valence-corrected chi connectivity index (χ2v) is 4.25. The molecule has 2 rings (SSSR count). The first-order valence-electron chi connectivity index (χ1n) is 5.70. The van der Waals surface area contributed by atoms with Gasteiger partial charge in [-0.05, 0) is 38.6 Å². The fourth-order valence-corrected chi connectivity index (χ4v) is 2.11. The van der Waals surface area contributed by atoms with Crippen LogP contribution in [-0.4, -0.2) is 36.1 Å². The number of hydrogen-bond acceptors (Lipinski definition) is 3. The average Bonchev–Trinajstić information content (AvgIpc) is 2.29. The zero-order valence-electron chi connectivity index (χ0n) is 9.32. The number of likely N-dealkylation sites (tertiary alicyclic amines) is 1. The predicted octanol–water partition coefficient (Wildman–Crippen LogP) is 1.98. The molecule has 0 bridgehead atoms. The molecule has 1 aliphatic heterocycles. The van der Waals surface area contributed by atoms with E-state index in [4.69, 9.17) is 0 Å². The van der Waals surface area contributed by atoms with Gasteiger partial charge in [-0.2, -0.15) is 0 Å². The van der Waals surface area contributed by atoms with Crippen LogP contribution in [0.4, 0.5) is 5.69 Å². The minimum absolute atomic E-state index is 0.680. The van der Waals surface area contributed by atoms with Gasteiger partial charge in [-0.25, -0.2) is 0 Å². The van der Waals surface area contributed by atoms with E-state index in [0.29, 0.717) is 6.04 Å². The van der Waals surface area contributed by atoms with Crippen molar-refractivity contribution in [3.8, 4) is 0 Å². The summed E-state index contributed by atoms with van der Waals surface area (Å²) in [7, 11) is 2.22. The Morgan fingerprint density at radius 3 is 3.20 bits per heavy atom. The van der Waals surface area contributed by atoms with Gasteiger partial charge in [-0.15, -0.1) is 0 Å². The molecule has 1 atom stereocenters. The Kier molecular flexibility index (Phi) is 3.56. The van der Waals surface area contributed by atoms with Crippen molar-refractivity contribution in [2.24, 2.45) is 0 Å². The lowest BCUT2D eigenvalue weighted by atomic mass is 10.0. The van der Waals surface area contributed by atoms with E-state index in [1.54, 1.807) is 6.20 Å². The highest BCUT2D eigenvalue weighted by Gasteiger charge is 2.17. The van der Waals surface area contributed by atoms with Gasteiger partial charge in [0.25, 0.3) is 0 Å². The first kappa shape index (κ1) is 10.4. The maximum atomic E-state index is 4.09. The van der Waals surface area contributed by atoms with Crippen LogP contribution in [0.15, 0.2) is 24.5 Å². The molecule has 2 heterocycles. The van der Waals surface area contributed by atoms with E-state index >= 15 is 0 Å². The molecule has 3 nitrogen and oxygen atoms in total. The normalized spacial score (nSPS) is 22.6. The Balaban J connectivity index is 1.82. The summed E-state index contributed by atoms with van der Waals surface area (Å²) < 4.78 is 0. The van der Waals surface area contributed by atoms with Crippen LogP contribution in [0.5, 0.6) is 0 Å². The monoisotopic (exact) mass is 205 g/mol. The fraction of sp³-hybridized carbons (Fsp3) is 0.583. The van der Waals surface area contributed by atoms with Crippen molar-refractivity contribution in [1.82, 2.24) is 9.88 Å². The van der Waals surface area contributed by atoms with Crippen LogP contribution in [0.2, 0.25) is 0 Å². The molecule has 1 fully saturated rings. The summed E-state index contributed by atoms with van der Waals surface area (Å²) in [6.07, 6.45) is 7.70. The third-order valence-corrected chi connectivity index (χ3v) is 3.12. The Morgan fingerprint density at radius 1 is 1.53 bits per heavy atom. The summed E-state index contributed by atoms with van der Waals surface area (Å²) in [6.45, 7) is 2.27. The molecular weight excluding hydrogens is 186 g/mol. The van der Waals surface area contributed by atoms with Crippen molar-refractivity contribution in [2.75, 3.05) is 25.5 Å². The lowest BCUT2D eigenvalue weighted by Gasteiger charge is -2.32. The Morgan fingerprint density at radius 2 is 2.47 bits per heavy atom. The van der Waals surface area contributed by atoms with E-state index in [0.717, 1.165) is 12.2 Å². The van der Waals surface area contributed by atoms with Crippen molar-refractivity contribution in [3.63, 3.8) is 0 Å². The van der Waals surface area contributed by atoms with Gasteiger partial charge in [0, 0.05) is 25.0 Å². The van der Waals surface area contributed by atoms with Gasteiger partial charge in [-0.1, -0.05) is 6.42 Å². The highest BCUT2D eigenvalue weighted by Crippen LogP contribution is 2.15. The molecule has 0 spiro atoms. The van der Waals surface area contributed by atoms with Gasteiger partial charge < -0.3 is 10.2 Å². The van der Waals surface area contributed by atoms with Crippen LogP contribution in [0, 0.1) is 0 Å². The smallest absolute Gasteiger partial charge is 0.0527 e. The summed E-state index contributed by atoms with van der Waals surface area (Å²) in [4.78, 5) is 6.54. The number of likely N-dealkylation sites (N-methyl/N-ethyl adjacent to an activating group) is 1. The van der Waals surface area contributed by atoms with Gasteiger partial charge >= 0.3 is 0 Å². The lowest BCUT2D eigenvalue weighted by Crippen LogP contribution is -2.40. The maximum Gasteiger partial charge on any atom is 0.0527 e. The Hall–Kier alpha value is -1.09. The maximum absolute atomic E-state index is 4.09. The van der Waals surface area contributed by atoms with Crippen LogP contribution in [-0.2, 0) is 0 Å². The zero-order valence-corrected chi connectivity index (χ0v) is 9.32. The Bertz CT molecular complexity index is 286.